The van der Waals surface area contributed by atoms with E-state index in [1.54, 1.807) is 16.9 Å². The second kappa shape index (κ2) is 5.21. The van der Waals surface area contributed by atoms with E-state index in [1.807, 2.05) is 0 Å². The molecule has 2 unspecified atom stereocenters. The standard InChI is InChI=1S/C12H20N4O/c1-9-2-3-10(6-9)7-14-12(17)8-16-5-4-11(13)15-16/h4-5,9-10H,2-3,6-8H2,1H3,(H2,13,15)(H,14,17). The lowest BCUT2D eigenvalue weighted by atomic mass is 10.1. The van der Waals surface area contributed by atoms with Crippen LogP contribution in [0, 0.1) is 11.8 Å². The van der Waals surface area contributed by atoms with Gasteiger partial charge >= 0.3 is 0 Å². The van der Waals surface area contributed by atoms with Crippen molar-refractivity contribution >= 4 is 11.7 Å². The minimum absolute atomic E-state index is 0.00709. The SMILES string of the molecule is CC1CCC(CNC(=O)Cn2ccc(N)n2)C1. The number of hydrogen-bond acceptors (Lipinski definition) is 3. The summed E-state index contributed by atoms with van der Waals surface area (Å²) in [6.45, 7) is 3.31. The highest BCUT2D eigenvalue weighted by Gasteiger charge is 2.21. The maximum Gasteiger partial charge on any atom is 0.241 e. The van der Waals surface area contributed by atoms with Crippen molar-refractivity contribution in [2.75, 3.05) is 12.3 Å². The van der Waals surface area contributed by atoms with Gasteiger partial charge in [-0.1, -0.05) is 13.3 Å². The summed E-state index contributed by atoms with van der Waals surface area (Å²) >= 11 is 0. The Kier molecular flexibility index (Phi) is 3.66. The van der Waals surface area contributed by atoms with E-state index in [2.05, 4.69) is 17.3 Å². The number of aromatic nitrogens is 2. The van der Waals surface area contributed by atoms with Gasteiger partial charge < -0.3 is 11.1 Å². The lowest BCUT2D eigenvalue weighted by Gasteiger charge is -2.11. The second-order valence-corrected chi connectivity index (χ2v) is 5.03. The number of nitrogens with zero attached hydrogens (tertiary/aromatic N) is 2. The number of carbonyl (C=O) groups is 1. The number of nitrogens with one attached hydrogen (secondary N) is 1. The van der Waals surface area contributed by atoms with Gasteiger partial charge in [-0.3, -0.25) is 9.48 Å². The lowest BCUT2D eigenvalue weighted by Crippen LogP contribution is -2.31. The highest BCUT2D eigenvalue weighted by molar-refractivity contribution is 5.75. The minimum Gasteiger partial charge on any atom is -0.382 e. The molecule has 5 nitrogen and oxygen atoms in total. The molecule has 17 heavy (non-hydrogen) atoms. The molecule has 1 saturated carbocycles. The molecule has 0 spiro atoms. The van der Waals surface area contributed by atoms with Crippen molar-refractivity contribution in [3.63, 3.8) is 0 Å². The molecule has 1 fully saturated rings. The zero-order chi connectivity index (χ0) is 12.3. The van der Waals surface area contributed by atoms with Gasteiger partial charge in [0.1, 0.15) is 12.4 Å². The van der Waals surface area contributed by atoms with Crippen LogP contribution in [0.15, 0.2) is 12.3 Å². The second-order valence-electron chi connectivity index (χ2n) is 5.03. The summed E-state index contributed by atoms with van der Waals surface area (Å²) in [6, 6.07) is 1.69. The summed E-state index contributed by atoms with van der Waals surface area (Å²) in [5.74, 6) is 1.91. The quantitative estimate of drug-likeness (QED) is 0.819. The molecule has 2 atom stereocenters. The predicted octanol–water partition coefficient (Wildman–Crippen LogP) is 1.02. The van der Waals surface area contributed by atoms with E-state index in [4.69, 9.17) is 5.73 Å². The number of amides is 1. The highest BCUT2D eigenvalue weighted by atomic mass is 16.2. The first-order valence-corrected chi connectivity index (χ1v) is 6.19. The van der Waals surface area contributed by atoms with E-state index >= 15 is 0 Å². The van der Waals surface area contributed by atoms with Crippen LogP contribution in [0.25, 0.3) is 0 Å². The van der Waals surface area contributed by atoms with Gasteiger partial charge in [0.15, 0.2) is 0 Å². The molecule has 94 valence electrons. The molecule has 1 aromatic heterocycles. The summed E-state index contributed by atoms with van der Waals surface area (Å²) < 4.78 is 1.56. The van der Waals surface area contributed by atoms with Gasteiger partial charge in [0.05, 0.1) is 0 Å². The number of carbonyl (C=O) groups excluding carboxylic acids is 1. The fraction of sp³-hybridized carbons (Fsp3) is 0.667. The Morgan fingerprint density at radius 2 is 2.47 bits per heavy atom. The number of anilines is 1. The van der Waals surface area contributed by atoms with E-state index in [0.717, 1.165) is 12.5 Å². The van der Waals surface area contributed by atoms with Crippen LogP contribution in [0.4, 0.5) is 5.82 Å². The molecule has 2 rings (SSSR count). The Labute approximate surface area is 101 Å². The first kappa shape index (κ1) is 12.0. The molecule has 1 heterocycles. The predicted molar refractivity (Wildman–Crippen MR) is 66.2 cm³/mol. The van der Waals surface area contributed by atoms with Gasteiger partial charge in [0.25, 0.3) is 0 Å². The van der Waals surface area contributed by atoms with Crippen LogP contribution in [0.2, 0.25) is 0 Å². The third-order valence-corrected chi connectivity index (χ3v) is 3.36. The first-order chi connectivity index (χ1) is 8.13. The Hall–Kier alpha value is -1.52. The van der Waals surface area contributed by atoms with Crippen LogP contribution >= 0.6 is 0 Å². The number of rotatable bonds is 4. The van der Waals surface area contributed by atoms with Crippen LogP contribution in [0.5, 0.6) is 0 Å². The smallest absolute Gasteiger partial charge is 0.241 e. The Morgan fingerprint density at radius 1 is 1.65 bits per heavy atom. The topological polar surface area (TPSA) is 72.9 Å². The zero-order valence-electron chi connectivity index (χ0n) is 10.2. The molecule has 3 N–H and O–H groups in total. The van der Waals surface area contributed by atoms with Crippen molar-refractivity contribution in [3.8, 4) is 0 Å². The molecule has 0 radical (unpaired) electrons. The van der Waals surface area contributed by atoms with Gasteiger partial charge in [-0.15, -0.1) is 0 Å². The van der Waals surface area contributed by atoms with E-state index in [9.17, 15) is 4.79 Å². The van der Waals surface area contributed by atoms with Crippen LogP contribution in [0.1, 0.15) is 26.2 Å². The Balaban J connectivity index is 1.71. The fourth-order valence-electron chi connectivity index (χ4n) is 2.44. The van der Waals surface area contributed by atoms with Gasteiger partial charge in [-0.2, -0.15) is 5.10 Å². The third kappa shape index (κ3) is 3.47. The Morgan fingerprint density at radius 3 is 3.06 bits per heavy atom. The van der Waals surface area contributed by atoms with Gasteiger partial charge in [-0.05, 0) is 30.7 Å². The maximum absolute atomic E-state index is 11.6. The molecule has 0 aromatic carbocycles. The van der Waals surface area contributed by atoms with Crippen molar-refractivity contribution < 1.29 is 4.79 Å². The van der Waals surface area contributed by atoms with Gasteiger partial charge in [-0.25, -0.2) is 0 Å². The normalized spacial score (nSPS) is 23.8. The van der Waals surface area contributed by atoms with Crippen molar-refractivity contribution in [1.82, 2.24) is 15.1 Å². The van der Waals surface area contributed by atoms with Crippen molar-refractivity contribution in [2.45, 2.75) is 32.7 Å². The highest BCUT2D eigenvalue weighted by Crippen LogP contribution is 2.29. The average Bonchev–Trinajstić information content (AvgIpc) is 2.85. The summed E-state index contributed by atoms with van der Waals surface area (Å²) in [4.78, 5) is 11.6. The summed E-state index contributed by atoms with van der Waals surface area (Å²) in [6.07, 6.45) is 5.47. The number of hydrogen-bond donors (Lipinski definition) is 2. The molecule has 1 aromatic rings. The van der Waals surface area contributed by atoms with Crippen molar-refractivity contribution in [1.29, 1.82) is 0 Å². The van der Waals surface area contributed by atoms with Crippen LogP contribution in [0.3, 0.4) is 0 Å². The van der Waals surface area contributed by atoms with E-state index < -0.39 is 0 Å². The fourth-order valence-corrected chi connectivity index (χ4v) is 2.44. The van der Waals surface area contributed by atoms with Crippen LogP contribution in [-0.2, 0) is 11.3 Å². The minimum atomic E-state index is 0.00709. The number of nitrogens with two attached hydrogens (primary N) is 1. The molecular formula is C12H20N4O. The molecule has 1 amide bonds. The van der Waals surface area contributed by atoms with E-state index in [1.165, 1.54) is 19.3 Å². The molecule has 5 heteroatoms. The molecule has 1 aliphatic carbocycles. The monoisotopic (exact) mass is 236 g/mol. The average molecular weight is 236 g/mol. The van der Waals surface area contributed by atoms with Crippen molar-refractivity contribution in [2.24, 2.45) is 11.8 Å². The zero-order valence-corrected chi connectivity index (χ0v) is 10.2. The molecular weight excluding hydrogens is 216 g/mol. The van der Waals surface area contributed by atoms with Crippen LogP contribution in [-0.4, -0.2) is 22.2 Å². The molecule has 0 bridgehead atoms. The van der Waals surface area contributed by atoms with Crippen LogP contribution < -0.4 is 11.1 Å². The van der Waals surface area contributed by atoms with Gasteiger partial charge in [0, 0.05) is 12.7 Å². The Bertz CT molecular complexity index is 388. The molecule has 1 aliphatic rings. The summed E-state index contributed by atoms with van der Waals surface area (Å²) in [5, 5.41) is 6.94. The van der Waals surface area contributed by atoms with Crippen molar-refractivity contribution in [3.05, 3.63) is 12.3 Å². The summed E-state index contributed by atoms with van der Waals surface area (Å²) in [7, 11) is 0. The lowest BCUT2D eigenvalue weighted by molar-refractivity contribution is -0.122. The van der Waals surface area contributed by atoms with E-state index in [0.29, 0.717) is 11.7 Å². The largest absolute Gasteiger partial charge is 0.382 e. The number of nitrogen functional groups attached to an aromatic ring is 1. The van der Waals surface area contributed by atoms with E-state index in [-0.39, 0.29) is 12.5 Å². The molecule has 0 aliphatic heterocycles. The maximum atomic E-state index is 11.6. The summed E-state index contributed by atoms with van der Waals surface area (Å²) in [5.41, 5.74) is 5.48. The van der Waals surface area contributed by atoms with Gasteiger partial charge in [0.2, 0.25) is 5.91 Å². The first-order valence-electron chi connectivity index (χ1n) is 6.19. The molecule has 0 saturated heterocycles. The third-order valence-electron chi connectivity index (χ3n) is 3.36.